The normalized spacial score (nSPS) is 11.0. The Kier molecular flexibility index (Phi) is 2.26. The fraction of sp³-hybridized carbons (Fsp3) is 0.200. The van der Waals surface area contributed by atoms with Crippen molar-refractivity contribution < 1.29 is 9.53 Å². The van der Waals surface area contributed by atoms with Crippen molar-refractivity contribution in [2.45, 2.75) is 6.92 Å². The second-order valence-electron chi connectivity index (χ2n) is 2.97. The third kappa shape index (κ3) is 1.30. The maximum atomic E-state index is 11.4. The summed E-state index contributed by atoms with van der Waals surface area (Å²) in [6.07, 6.45) is 1.88. The number of nitrogens with zero attached hydrogens (tertiary/aromatic N) is 1. The Morgan fingerprint density at radius 1 is 1.50 bits per heavy atom. The average molecular weight is 207 g/mol. The van der Waals surface area contributed by atoms with E-state index in [1.54, 1.807) is 0 Å². The number of fused-ring (bicyclic) bond motifs is 1. The van der Waals surface area contributed by atoms with Gasteiger partial charge in [-0.3, -0.25) is 0 Å². The molecule has 3 nitrogen and oxygen atoms in total. The number of rotatable bonds is 1. The summed E-state index contributed by atoms with van der Waals surface area (Å²) < 4.78 is 6.60. The van der Waals surface area contributed by atoms with Crippen LogP contribution in [0, 0.1) is 6.92 Å². The van der Waals surface area contributed by atoms with Crippen molar-refractivity contribution >= 4 is 19.7 Å². The second kappa shape index (κ2) is 3.43. The van der Waals surface area contributed by atoms with E-state index in [0.29, 0.717) is 5.43 Å². The Labute approximate surface area is 83.4 Å². The summed E-state index contributed by atoms with van der Waals surface area (Å²) >= 11 is 0. The van der Waals surface area contributed by atoms with Crippen LogP contribution in [0.25, 0.3) is 5.52 Å². The second-order valence-corrected chi connectivity index (χ2v) is 4.29. The molecule has 0 unspecified atom stereocenters. The van der Waals surface area contributed by atoms with Gasteiger partial charge in [-0.2, -0.15) is 0 Å². The van der Waals surface area contributed by atoms with Gasteiger partial charge in [0, 0.05) is 11.5 Å². The first-order valence-electron chi connectivity index (χ1n) is 4.26. The van der Waals surface area contributed by atoms with Gasteiger partial charge in [-0.05, 0) is 27.2 Å². The van der Waals surface area contributed by atoms with Crippen LogP contribution in [-0.2, 0) is 4.74 Å². The molecule has 4 heteroatoms. The molecule has 0 aliphatic rings. The zero-order valence-corrected chi connectivity index (χ0v) is 8.91. The zero-order chi connectivity index (χ0) is 10.1. The summed E-state index contributed by atoms with van der Waals surface area (Å²) in [5.74, 6) is -0.263. The Balaban J connectivity index is 2.72. The predicted octanol–water partition coefficient (Wildman–Crippen LogP) is 2.61. The SMILES string of the molecule is COC(=O)c1pc(C)c2ccccn12. The molecule has 0 aromatic carbocycles. The minimum Gasteiger partial charge on any atom is -0.464 e. The summed E-state index contributed by atoms with van der Waals surface area (Å²) in [5.41, 5.74) is 1.75. The van der Waals surface area contributed by atoms with Crippen LogP contribution in [0.3, 0.4) is 0 Å². The summed E-state index contributed by atoms with van der Waals surface area (Å²) in [4.78, 5) is 11.4. The molecule has 0 aliphatic carbocycles. The molecule has 72 valence electrons. The Hall–Kier alpha value is -1.34. The van der Waals surface area contributed by atoms with Crippen molar-refractivity contribution in [2.75, 3.05) is 7.11 Å². The maximum absolute atomic E-state index is 11.4. The summed E-state index contributed by atoms with van der Waals surface area (Å²) in [6, 6.07) is 5.86. The van der Waals surface area contributed by atoms with Crippen molar-refractivity contribution in [2.24, 2.45) is 0 Å². The molecular weight excluding hydrogens is 197 g/mol. The molecule has 0 amide bonds. The third-order valence-electron chi connectivity index (χ3n) is 2.10. The maximum Gasteiger partial charge on any atom is 0.359 e. The fourth-order valence-electron chi connectivity index (χ4n) is 1.43. The lowest BCUT2D eigenvalue weighted by atomic mass is 10.4. The monoisotopic (exact) mass is 207 g/mol. The van der Waals surface area contributed by atoms with Crippen molar-refractivity contribution in [1.82, 2.24) is 4.40 Å². The van der Waals surface area contributed by atoms with E-state index in [1.807, 2.05) is 35.7 Å². The molecule has 0 saturated carbocycles. The molecule has 2 heterocycles. The lowest BCUT2D eigenvalue weighted by molar-refractivity contribution is 0.0599. The van der Waals surface area contributed by atoms with Crippen LogP contribution in [0.15, 0.2) is 24.4 Å². The van der Waals surface area contributed by atoms with Crippen LogP contribution < -0.4 is 0 Å². The van der Waals surface area contributed by atoms with Crippen LogP contribution in [0.1, 0.15) is 15.5 Å². The highest BCUT2D eigenvalue weighted by Crippen LogP contribution is 2.27. The zero-order valence-electron chi connectivity index (χ0n) is 8.02. The van der Waals surface area contributed by atoms with E-state index in [0.717, 1.165) is 13.7 Å². The topological polar surface area (TPSA) is 30.7 Å². The quantitative estimate of drug-likeness (QED) is 0.673. The lowest BCUT2D eigenvalue weighted by Gasteiger charge is -1.98. The molecular formula is C10H10NO2P. The lowest BCUT2D eigenvalue weighted by Crippen LogP contribution is -2.03. The van der Waals surface area contributed by atoms with Crippen molar-refractivity contribution in [3.05, 3.63) is 35.1 Å². The highest BCUT2D eigenvalue weighted by molar-refractivity contribution is 7.33. The van der Waals surface area contributed by atoms with Gasteiger partial charge in [-0.25, -0.2) is 4.79 Å². The molecule has 0 spiro atoms. The smallest absolute Gasteiger partial charge is 0.359 e. The number of methoxy groups -OCH3 is 1. The van der Waals surface area contributed by atoms with Crippen LogP contribution in [-0.4, -0.2) is 17.5 Å². The number of aromatic nitrogens is 1. The number of pyridine rings is 1. The molecule has 2 rings (SSSR count). The van der Waals surface area contributed by atoms with Crippen LogP contribution >= 0.6 is 8.19 Å². The predicted molar refractivity (Wildman–Crippen MR) is 56.0 cm³/mol. The molecule has 0 atom stereocenters. The molecule has 2 aromatic rings. The molecule has 14 heavy (non-hydrogen) atoms. The van der Waals surface area contributed by atoms with E-state index in [2.05, 4.69) is 0 Å². The Morgan fingerprint density at radius 3 is 3.00 bits per heavy atom. The molecule has 0 radical (unpaired) electrons. The van der Waals surface area contributed by atoms with Gasteiger partial charge in [0.2, 0.25) is 0 Å². The first kappa shape index (κ1) is 9.22. The molecule has 0 bridgehead atoms. The van der Waals surface area contributed by atoms with Crippen molar-refractivity contribution in [3.8, 4) is 0 Å². The van der Waals surface area contributed by atoms with Gasteiger partial charge < -0.3 is 9.14 Å². The van der Waals surface area contributed by atoms with E-state index in [-0.39, 0.29) is 5.97 Å². The van der Waals surface area contributed by atoms with E-state index in [4.69, 9.17) is 4.74 Å². The largest absolute Gasteiger partial charge is 0.464 e. The van der Waals surface area contributed by atoms with Crippen LogP contribution in [0.4, 0.5) is 0 Å². The highest BCUT2D eigenvalue weighted by Gasteiger charge is 2.13. The van der Waals surface area contributed by atoms with Crippen LogP contribution in [0.2, 0.25) is 0 Å². The van der Waals surface area contributed by atoms with Gasteiger partial charge in [0.25, 0.3) is 0 Å². The number of hydrogen-bond acceptors (Lipinski definition) is 2. The van der Waals surface area contributed by atoms with E-state index in [1.165, 1.54) is 12.4 Å². The number of esters is 1. The van der Waals surface area contributed by atoms with E-state index in [9.17, 15) is 4.79 Å². The standard InChI is InChI=1S/C10H10NO2P/c1-7-8-5-3-4-6-11(8)9(14-7)10(12)13-2/h3-6H,1-2H3. The summed E-state index contributed by atoms with van der Waals surface area (Å²) in [6.45, 7) is 2.02. The first-order chi connectivity index (χ1) is 6.74. The van der Waals surface area contributed by atoms with Gasteiger partial charge in [-0.15, -0.1) is 0 Å². The van der Waals surface area contributed by atoms with Crippen LogP contribution in [0.5, 0.6) is 0 Å². The van der Waals surface area contributed by atoms with Gasteiger partial charge in [0.1, 0.15) is 0 Å². The molecule has 0 N–H and O–H groups in total. The highest BCUT2D eigenvalue weighted by atomic mass is 31.0. The molecule has 0 fully saturated rings. The Bertz CT molecular complexity index is 490. The minimum atomic E-state index is -0.263. The molecule has 0 aliphatic heterocycles. The summed E-state index contributed by atoms with van der Waals surface area (Å²) in [5, 5.41) is 1.17. The van der Waals surface area contributed by atoms with Crippen molar-refractivity contribution in [1.29, 1.82) is 0 Å². The number of hydrogen-bond donors (Lipinski definition) is 0. The van der Waals surface area contributed by atoms with Gasteiger partial charge in [0.15, 0.2) is 5.43 Å². The van der Waals surface area contributed by atoms with Crippen molar-refractivity contribution in [3.63, 3.8) is 0 Å². The Morgan fingerprint density at radius 2 is 2.29 bits per heavy atom. The summed E-state index contributed by atoms with van der Waals surface area (Å²) in [7, 11) is 2.34. The van der Waals surface area contributed by atoms with Gasteiger partial charge in [0.05, 0.1) is 12.6 Å². The number of aryl methyl sites for hydroxylation is 1. The number of carbonyl (C=O) groups excluding carboxylic acids is 1. The third-order valence-corrected chi connectivity index (χ3v) is 3.27. The minimum absolute atomic E-state index is 0.263. The fourth-order valence-corrected chi connectivity index (χ4v) is 2.51. The van der Waals surface area contributed by atoms with E-state index >= 15 is 0 Å². The number of carbonyl (C=O) groups is 1. The first-order valence-corrected chi connectivity index (χ1v) is 5.15. The van der Waals surface area contributed by atoms with E-state index < -0.39 is 0 Å². The van der Waals surface area contributed by atoms with Gasteiger partial charge >= 0.3 is 5.97 Å². The van der Waals surface area contributed by atoms with Gasteiger partial charge in [-0.1, -0.05) is 6.07 Å². The molecule has 0 saturated heterocycles. The molecule has 2 aromatic heterocycles. The number of ether oxygens (including phenoxy) is 1. The average Bonchev–Trinajstić information content (AvgIpc) is 2.56.